The third kappa shape index (κ3) is 3.76. The van der Waals surface area contributed by atoms with Crippen molar-refractivity contribution in [2.75, 3.05) is 31.1 Å². The second-order valence-corrected chi connectivity index (χ2v) is 6.83. The molecule has 0 bridgehead atoms. The van der Waals surface area contributed by atoms with Crippen LogP contribution in [0, 0.1) is 0 Å². The molecule has 7 nitrogen and oxygen atoms in total. The monoisotopic (exact) mass is 369 g/mol. The van der Waals surface area contributed by atoms with Gasteiger partial charge in [0.05, 0.1) is 6.20 Å². The number of anilines is 1. The zero-order chi connectivity index (χ0) is 17.8. The van der Waals surface area contributed by atoms with Crippen molar-refractivity contribution in [3.63, 3.8) is 0 Å². The number of aromatic nitrogens is 2. The van der Waals surface area contributed by atoms with Crippen LogP contribution in [0.15, 0.2) is 57.5 Å². The van der Waals surface area contributed by atoms with E-state index in [1.54, 1.807) is 0 Å². The molecule has 1 aromatic carbocycles. The van der Waals surface area contributed by atoms with Crippen LogP contribution in [0.2, 0.25) is 0 Å². The number of thiazole rings is 1. The molecule has 3 heterocycles. The fraction of sp³-hybridized carbons (Fsp3) is 0.278. The highest BCUT2D eigenvalue weighted by Gasteiger charge is 2.18. The number of nitrogens with zero attached hydrogens (tertiary/aromatic N) is 4. The molecule has 26 heavy (non-hydrogen) atoms. The van der Waals surface area contributed by atoms with Crippen LogP contribution >= 0.6 is 11.3 Å². The van der Waals surface area contributed by atoms with Crippen LogP contribution in [0.5, 0.6) is 0 Å². The molecule has 0 atom stereocenters. The Morgan fingerprint density at radius 3 is 2.88 bits per heavy atom. The van der Waals surface area contributed by atoms with E-state index in [4.69, 9.17) is 4.42 Å². The maximum Gasteiger partial charge on any atom is 0.317 e. The summed E-state index contributed by atoms with van der Waals surface area (Å²) >= 11 is 1.42. The Bertz CT molecular complexity index is 938. The van der Waals surface area contributed by atoms with Crippen LogP contribution < -0.4 is 15.0 Å². The van der Waals surface area contributed by atoms with Gasteiger partial charge in [-0.05, 0) is 5.56 Å². The summed E-state index contributed by atoms with van der Waals surface area (Å²) in [6.07, 6.45) is 3.38. The van der Waals surface area contributed by atoms with Gasteiger partial charge in [-0.15, -0.1) is 11.3 Å². The third-order valence-corrected chi connectivity index (χ3v) is 4.94. The van der Waals surface area contributed by atoms with Crippen LogP contribution in [-0.2, 0) is 6.54 Å². The molecule has 1 aliphatic heterocycles. The number of rotatable bonds is 4. The second kappa shape index (κ2) is 7.67. The van der Waals surface area contributed by atoms with Gasteiger partial charge in [0.25, 0.3) is 6.01 Å². The Morgan fingerprint density at radius 2 is 2.08 bits per heavy atom. The highest BCUT2D eigenvalue weighted by Crippen LogP contribution is 2.15. The zero-order valence-corrected chi connectivity index (χ0v) is 15.0. The number of benzene rings is 1. The van der Waals surface area contributed by atoms with Crippen molar-refractivity contribution in [3.8, 4) is 0 Å². The first-order valence-corrected chi connectivity index (χ1v) is 9.36. The molecule has 0 aliphatic carbocycles. The van der Waals surface area contributed by atoms with E-state index < -0.39 is 5.91 Å². The molecule has 1 amide bonds. The fourth-order valence-corrected chi connectivity index (χ4v) is 3.52. The lowest BCUT2D eigenvalue weighted by Gasteiger charge is -2.25. The molecule has 0 unspecified atom stereocenters. The topological polar surface area (TPSA) is 75.7 Å². The van der Waals surface area contributed by atoms with E-state index in [0.717, 1.165) is 31.7 Å². The highest BCUT2D eigenvalue weighted by molar-refractivity contribution is 7.07. The van der Waals surface area contributed by atoms with Crippen LogP contribution in [0.25, 0.3) is 0 Å². The van der Waals surface area contributed by atoms with Crippen molar-refractivity contribution < 1.29 is 9.21 Å². The summed E-state index contributed by atoms with van der Waals surface area (Å²) in [5, 5.41) is 5.19. The van der Waals surface area contributed by atoms with E-state index in [-0.39, 0.29) is 5.76 Å². The molecule has 0 radical (unpaired) electrons. The summed E-state index contributed by atoms with van der Waals surface area (Å²) in [7, 11) is 0. The van der Waals surface area contributed by atoms with Crippen LogP contribution in [0.1, 0.15) is 16.1 Å². The summed E-state index contributed by atoms with van der Waals surface area (Å²) in [6.45, 7) is 4.05. The lowest BCUT2D eigenvalue weighted by atomic mass is 10.2. The van der Waals surface area contributed by atoms with Gasteiger partial charge < -0.3 is 19.2 Å². The molecule has 1 N–H and O–H groups in total. The number of carbonyl (C=O) groups is 1. The predicted molar refractivity (Wildman–Crippen MR) is 99.3 cm³/mol. The molecule has 2 aromatic heterocycles. The maximum atomic E-state index is 12.5. The minimum Gasteiger partial charge on any atom is -0.418 e. The van der Waals surface area contributed by atoms with Gasteiger partial charge in [0.1, 0.15) is 0 Å². The van der Waals surface area contributed by atoms with E-state index >= 15 is 0 Å². The van der Waals surface area contributed by atoms with Crippen molar-refractivity contribution in [1.82, 2.24) is 14.9 Å². The van der Waals surface area contributed by atoms with Gasteiger partial charge in [0.2, 0.25) is 5.76 Å². The van der Waals surface area contributed by atoms with E-state index in [2.05, 4.69) is 15.3 Å². The summed E-state index contributed by atoms with van der Waals surface area (Å²) in [6, 6.07) is 10.6. The number of piperazine rings is 1. The van der Waals surface area contributed by atoms with Gasteiger partial charge in [-0.2, -0.15) is 4.99 Å². The number of amides is 1. The molecule has 1 aliphatic rings. The van der Waals surface area contributed by atoms with Gasteiger partial charge in [-0.25, -0.2) is 4.98 Å². The molecule has 134 valence electrons. The van der Waals surface area contributed by atoms with E-state index in [9.17, 15) is 4.79 Å². The van der Waals surface area contributed by atoms with Gasteiger partial charge in [0, 0.05) is 44.3 Å². The average molecular weight is 369 g/mol. The first-order chi connectivity index (χ1) is 12.8. The first kappa shape index (κ1) is 16.7. The Hall–Kier alpha value is -2.71. The van der Waals surface area contributed by atoms with Gasteiger partial charge in [-0.1, -0.05) is 30.3 Å². The van der Waals surface area contributed by atoms with E-state index in [1.165, 1.54) is 17.5 Å². The number of carbonyl (C=O) groups excluding carboxylic acids is 1. The zero-order valence-electron chi connectivity index (χ0n) is 14.2. The van der Waals surface area contributed by atoms with Crippen LogP contribution in [0.3, 0.4) is 0 Å². The van der Waals surface area contributed by atoms with Crippen LogP contribution in [0.4, 0.5) is 6.01 Å². The van der Waals surface area contributed by atoms with E-state index in [0.29, 0.717) is 17.4 Å². The smallest absolute Gasteiger partial charge is 0.317 e. The van der Waals surface area contributed by atoms with Crippen molar-refractivity contribution >= 4 is 23.3 Å². The molecular formula is C18H19N5O2S. The van der Waals surface area contributed by atoms with Crippen LogP contribution in [-0.4, -0.2) is 41.6 Å². The largest absolute Gasteiger partial charge is 0.418 e. The van der Waals surface area contributed by atoms with Gasteiger partial charge in [-0.3, -0.25) is 4.79 Å². The first-order valence-electron chi connectivity index (χ1n) is 8.48. The molecule has 8 heteroatoms. The molecule has 4 rings (SSSR count). The molecule has 1 fully saturated rings. The number of nitrogens with one attached hydrogen (secondary N) is 1. The van der Waals surface area contributed by atoms with Gasteiger partial charge >= 0.3 is 5.91 Å². The average Bonchev–Trinajstić information content (AvgIpc) is 3.34. The van der Waals surface area contributed by atoms with Crippen molar-refractivity contribution in [3.05, 3.63) is 64.2 Å². The lowest BCUT2D eigenvalue weighted by molar-refractivity contribution is 0.0972. The fourth-order valence-electron chi connectivity index (χ4n) is 2.80. The Morgan fingerprint density at radius 1 is 1.27 bits per heavy atom. The summed E-state index contributed by atoms with van der Waals surface area (Å²) in [4.78, 5) is 23.6. The highest BCUT2D eigenvalue weighted by atomic mass is 32.1. The normalized spacial score (nSPS) is 15.4. The quantitative estimate of drug-likeness (QED) is 0.758. The summed E-state index contributed by atoms with van der Waals surface area (Å²) in [5.74, 6) is -0.249. The Labute approximate surface area is 154 Å². The molecule has 0 spiro atoms. The molecule has 1 saturated heterocycles. The van der Waals surface area contributed by atoms with Crippen molar-refractivity contribution in [2.45, 2.75) is 6.54 Å². The summed E-state index contributed by atoms with van der Waals surface area (Å²) in [5.41, 5.74) is 1.15. The standard InChI is InChI=1S/C18H19N5O2S/c24-16(15-12-20-17(25-15)22-8-6-19-7-9-22)21-18-23(10-11-26-18)13-14-4-2-1-3-5-14/h1-5,10-12,19H,6-9,13H2. The third-order valence-electron chi connectivity index (χ3n) is 4.14. The Balaban J connectivity index is 1.53. The van der Waals surface area contributed by atoms with Crippen molar-refractivity contribution in [1.29, 1.82) is 0 Å². The maximum absolute atomic E-state index is 12.5. The lowest BCUT2D eigenvalue weighted by Crippen LogP contribution is -2.43. The Kier molecular flexibility index (Phi) is 4.94. The molecular weight excluding hydrogens is 350 g/mol. The summed E-state index contributed by atoms with van der Waals surface area (Å²) < 4.78 is 7.58. The number of hydrogen-bond donors (Lipinski definition) is 1. The minimum absolute atomic E-state index is 0.165. The SMILES string of the molecule is O=C(N=c1sccn1Cc1ccccc1)c1cnc(N2CCNCC2)o1. The predicted octanol–water partition coefficient (Wildman–Crippen LogP) is 1.74. The molecule has 3 aromatic rings. The van der Waals surface area contributed by atoms with Crippen molar-refractivity contribution in [2.24, 2.45) is 4.99 Å². The minimum atomic E-state index is -0.414. The number of oxazole rings is 1. The van der Waals surface area contributed by atoms with Gasteiger partial charge in [0.15, 0.2) is 4.80 Å². The van der Waals surface area contributed by atoms with E-state index in [1.807, 2.05) is 51.4 Å². The molecule has 0 saturated carbocycles. The number of hydrogen-bond acceptors (Lipinski definition) is 6. The second-order valence-electron chi connectivity index (χ2n) is 5.96.